The van der Waals surface area contributed by atoms with Crippen LogP contribution in [0.2, 0.25) is 0 Å². The first-order valence-corrected chi connectivity index (χ1v) is 7.42. The maximum atomic E-state index is 12.2. The van der Waals surface area contributed by atoms with Crippen LogP contribution in [0.25, 0.3) is 0 Å². The standard InChI is InChI=1S/C16H21N5O3/c1-10-8-12(21(5)20-10)14(22)18-11-6-7-13(17-9-11)19-15(23)24-16(2,3)4/h6-9H,1-5H3,(H,18,22)(H,17,19,23). The average Bonchev–Trinajstić information content (AvgIpc) is 2.78. The number of amides is 2. The molecule has 0 saturated carbocycles. The van der Waals surface area contributed by atoms with E-state index in [1.807, 2.05) is 6.92 Å². The molecule has 0 aliphatic carbocycles. The maximum absolute atomic E-state index is 12.2. The van der Waals surface area contributed by atoms with E-state index in [2.05, 4.69) is 20.7 Å². The fourth-order valence-corrected chi connectivity index (χ4v) is 1.97. The Hall–Kier alpha value is -2.90. The van der Waals surface area contributed by atoms with Crippen LogP contribution in [0.1, 0.15) is 37.0 Å². The molecule has 0 aliphatic heterocycles. The number of carbonyl (C=O) groups is 2. The van der Waals surface area contributed by atoms with Crippen molar-refractivity contribution < 1.29 is 14.3 Å². The van der Waals surface area contributed by atoms with Gasteiger partial charge in [0.1, 0.15) is 17.1 Å². The summed E-state index contributed by atoms with van der Waals surface area (Å²) in [6, 6.07) is 4.91. The summed E-state index contributed by atoms with van der Waals surface area (Å²) < 4.78 is 6.65. The number of carbonyl (C=O) groups excluding carboxylic acids is 2. The average molecular weight is 331 g/mol. The predicted molar refractivity (Wildman–Crippen MR) is 90.0 cm³/mol. The lowest BCUT2D eigenvalue weighted by Crippen LogP contribution is -2.27. The lowest BCUT2D eigenvalue weighted by Gasteiger charge is -2.19. The monoisotopic (exact) mass is 331 g/mol. The van der Waals surface area contributed by atoms with Gasteiger partial charge in [0.25, 0.3) is 5.91 Å². The van der Waals surface area contributed by atoms with Crippen LogP contribution < -0.4 is 10.6 Å². The minimum atomic E-state index is -0.586. The molecule has 0 unspecified atom stereocenters. The van der Waals surface area contributed by atoms with E-state index < -0.39 is 11.7 Å². The Morgan fingerprint density at radius 3 is 2.42 bits per heavy atom. The second-order valence-electron chi connectivity index (χ2n) is 6.31. The van der Waals surface area contributed by atoms with Crippen LogP contribution in [0.15, 0.2) is 24.4 Å². The van der Waals surface area contributed by atoms with Crippen molar-refractivity contribution >= 4 is 23.5 Å². The van der Waals surface area contributed by atoms with Gasteiger partial charge < -0.3 is 10.1 Å². The van der Waals surface area contributed by atoms with Crippen molar-refractivity contribution in [2.45, 2.75) is 33.3 Å². The summed E-state index contributed by atoms with van der Waals surface area (Å²) in [6.07, 6.45) is 0.866. The first-order valence-electron chi connectivity index (χ1n) is 7.42. The molecule has 2 N–H and O–H groups in total. The number of nitrogens with zero attached hydrogens (tertiary/aromatic N) is 3. The van der Waals surface area contributed by atoms with Gasteiger partial charge in [-0.15, -0.1) is 0 Å². The van der Waals surface area contributed by atoms with Crippen molar-refractivity contribution in [2.24, 2.45) is 7.05 Å². The molecule has 0 atom stereocenters. The summed E-state index contributed by atoms with van der Waals surface area (Å²) in [4.78, 5) is 27.9. The number of pyridine rings is 1. The van der Waals surface area contributed by atoms with Crippen molar-refractivity contribution in [2.75, 3.05) is 10.6 Å². The van der Waals surface area contributed by atoms with Gasteiger partial charge in [0.05, 0.1) is 17.6 Å². The van der Waals surface area contributed by atoms with Crippen molar-refractivity contribution in [3.8, 4) is 0 Å². The Bertz CT molecular complexity index is 744. The Balaban J connectivity index is 1.98. The van der Waals surface area contributed by atoms with E-state index in [9.17, 15) is 9.59 Å². The highest BCUT2D eigenvalue weighted by Gasteiger charge is 2.16. The molecule has 24 heavy (non-hydrogen) atoms. The molecule has 2 amide bonds. The first kappa shape index (κ1) is 17.5. The Kier molecular flexibility index (Phi) is 4.87. The third kappa shape index (κ3) is 4.80. The highest BCUT2D eigenvalue weighted by Crippen LogP contribution is 2.13. The number of aromatic nitrogens is 3. The van der Waals surface area contributed by atoms with Crippen LogP contribution in [0, 0.1) is 6.92 Å². The van der Waals surface area contributed by atoms with E-state index in [4.69, 9.17) is 4.74 Å². The summed E-state index contributed by atoms with van der Waals surface area (Å²) in [5.74, 6) is 0.0476. The van der Waals surface area contributed by atoms with E-state index in [1.165, 1.54) is 10.9 Å². The molecule has 8 nitrogen and oxygen atoms in total. The lowest BCUT2D eigenvalue weighted by atomic mass is 10.2. The van der Waals surface area contributed by atoms with Gasteiger partial charge in [0, 0.05) is 7.05 Å². The zero-order chi connectivity index (χ0) is 17.9. The van der Waals surface area contributed by atoms with Gasteiger partial charge >= 0.3 is 6.09 Å². The van der Waals surface area contributed by atoms with E-state index >= 15 is 0 Å². The van der Waals surface area contributed by atoms with E-state index in [1.54, 1.807) is 46.0 Å². The molecular formula is C16H21N5O3. The predicted octanol–water partition coefficient (Wildman–Crippen LogP) is 2.72. The van der Waals surface area contributed by atoms with Gasteiger partial charge in [-0.2, -0.15) is 5.10 Å². The maximum Gasteiger partial charge on any atom is 0.413 e. The smallest absolute Gasteiger partial charge is 0.413 e. The van der Waals surface area contributed by atoms with Crippen molar-refractivity contribution in [3.63, 3.8) is 0 Å². The molecule has 0 spiro atoms. The minimum Gasteiger partial charge on any atom is -0.444 e. The molecule has 0 saturated heterocycles. The van der Waals surface area contributed by atoms with Gasteiger partial charge in [-0.3, -0.25) is 14.8 Å². The molecule has 0 aliphatic rings. The SMILES string of the molecule is Cc1cc(C(=O)Nc2ccc(NC(=O)OC(C)(C)C)nc2)n(C)n1. The van der Waals surface area contributed by atoms with Gasteiger partial charge in [-0.25, -0.2) is 9.78 Å². The largest absolute Gasteiger partial charge is 0.444 e. The van der Waals surface area contributed by atoms with E-state index in [0.29, 0.717) is 17.2 Å². The number of anilines is 2. The number of nitrogens with one attached hydrogen (secondary N) is 2. The second-order valence-corrected chi connectivity index (χ2v) is 6.31. The van der Waals surface area contributed by atoms with Crippen molar-refractivity contribution in [1.29, 1.82) is 0 Å². The quantitative estimate of drug-likeness (QED) is 0.901. The number of rotatable bonds is 3. The molecule has 8 heteroatoms. The summed E-state index contributed by atoms with van der Waals surface area (Å²) in [6.45, 7) is 7.14. The van der Waals surface area contributed by atoms with Gasteiger partial charge in [-0.05, 0) is 45.9 Å². The molecule has 0 bridgehead atoms. The molecule has 128 valence electrons. The second kappa shape index (κ2) is 6.69. The fraction of sp³-hybridized carbons (Fsp3) is 0.375. The third-order valence-corrected chi connectivity index (χ3v) is 2.88. The van der Waals surface area contributed by atoms with Gasteiger partial charge in [0.2, 0.25) is 0 Å². The molecule has 2 rings (SSSR count). The highest BCUT2D eigenvalue weighted by molar-refractivity contribution is 6.03. The number of hydrogen-bond acceptors (Lipinski definition) is 5. The zero-order valence-electron chi connectivity index (χ0n) is 14.4. The van der Waals surface area contributed by atoms with Crippen LogP contribution in [0.5, 0.6) is 0 Å². The van der Waals surface area contributed by atoms with E-state index in [0.717, 1.165) is 5.69 Å². The number of ether oxygens (including phenoxy) is 1. The first-order chi connectivity index (χ1) is 11.1. The molecule has 2 heterocycles. The van der Waals surface area contributed by atoms with E-state index in [-0.39, 0.29) is 5.91 Å². The molecule has 2 aromatic heterocycles. The normalized spacial score (nSPS) is 11.0. The fourth-order valence-electron chi connectivity index (χ4n) is 1.97. The Labute approximate surface area is 140 Å². The summed E-state index contributed by atoms with van der Waals surface area (Å²) in [5, 5.41) is 9.38. The van der Waals surface area contributed by atoms with Crippen LogP contribution in [-0.4, -0.2) is 32.4 Å². The third-order valence-electron chi connectivity index (χ3n) is 2.88. The number of aryl methyl sites for hydroxylation is 2. The Morgan fingerprint density at radius 2 is 1.92 bits per heavy atom. The van der Waals surface area contributed by atoms with Crippen molar-refractivity contribution in [1.82, 2.24) is 14.8 Å². The van der Waals surface area contributed by atoms with Crippen LogP contribution in [-0.2, 0) is 11.8 Å². The van der Waals surface area contributed by atoms with Crippen molar-refractivity contribution in [3.05, 3.63) is 35.8 Å². The Morgan fingerprint density at radius 1 is 1.21 bits per heavy atom. The molecule has 0 radical (unpaired) electrons. The highest BCUT2D eigenvalue weighted by atomic mass is 16.6. The summed E-state index contributed by atoms with van der Waals surface area (Å²) >= 11 is 0. The van der Waals surface area contributed by atoms with Gasteiger partial charge in [-0.1, -0.05) is 0 Å². The topological polar surface area (TPSA) is 98.1 Å². The molecule has 0 aromatic carbocycles. The van der Waals surface area contributed by atoms with Crippen LogP contribution in [0.4, 0.5) is 16.3 Å². The zero-order valence-corrected chi connectivity index (χ0v) is 14.4. The van der Waals surface area contributed by atoms with Crippen LogP contribution >= 0.6 is 0 Å². The summed E-state index contributed by atoms with van der Waals surface area (Å²) in [5.41, 5.74) is 1.13. The minimum absolute atomic E-state index is 0.284. The van der Waals surface area contributed by atoms with Gasteiger partial charge in [0.15, 0.2) is 0 Å². The molecule has 2 aromatic rings. The van der Waals surface area contributed by atoms with Crippen LogP contribution in [0.3, 0.4) is 0 Å². The number of hydrogen-bond donors (Lipinski definition) is 2. The summed E-state index contributed by atoms with van der Waals surface area (Å²) in [7, 11) is 1.70. The molecular weight excluding hydrogens is 310 g/mol. The molecule has 0 fully saturated rings. The lowest BCUT2D eigenvalue weighted by molar-refractivity contribution is 0.0635.